The largest absolute Gasteiger partial charge is 0.474 e. The highest BCUT2D eigenvalue weighted by Gasteiger charge is 2.16. The van der Waals surface area contributed by atoms with Crippen LogP contribution in [0.1, 0.15) is 13.8 Å². The fraction of sp³-hybridized carbons (Fsp3) is 0.375. The number of anilines is 1. The predicted octanol–water partition coefficient (Wildman–Crippen LogP) is 2.85. The lowest BCUT2D eigenvalue weighted by Crippen LogP contribution is -2.10. The third-order valence-corrected chi connectivity index (χ3v) is 2.68. The summed E-state index contributed by atoms with van der Waals surface area (Å²) in [7, 11) is 0. The van der Waals surface area contributed by atoms with Crippen LogP contribution in [0.3, 0.4) is 0 Å². The number of pyridine rings is 1. The molecule has 0 radical (unpaired) electrons. The first-order chi connectivity index (χ1) is 6.43. The van der Waals surface area contributed by atoms with Gasteiger partial charge in [0.2, 0.25) is 5.88 Å². The SMILES string of the molecule is CC(C)Oc1nc(Cl)c(F)c(N)c1I. The molecule has 0 amide bonds. The quantitative estimate of drug-likeness (QED) is 0.670. The van der Waals surface area contributed by atoms with Crippen molar-refractivity contribution in [3.63, 3.8) is 0 Å². The number of ether oxygens (including phenoxy) is 1. The average molecular weight is 331 g/mol. The Morgan fingerprint density at radius 2 is 2.14 bits per heavy atom. The molecule has 1 heterocycles. The van der Waals surface area contributed by atoms with Crippen LogP contribution in [0.2, 0.25) is 5.15 Å². The molecule has 0 bridgehead atoms. The molecule has 14 heavy (non-hydrogen) atoms. The molecule has 1 rings (SSSR count). The summed E-state index contributed by atoms with van der Waals surface area (Å²) in [5.41, 5.74) is 5.45. The van der Waals surface area contributed by atoms with E-state index in [9.17, 15) is 4.39 Å². The Labute approximate surface area is 99.9 Å². The van der Waals surface area contributed by atoms with Gasteiger partial charge in [-0.05, 0) is 36.4 Å². The lowest BCUT2D eigenvalue weighted by Gasteiger charge is -2.12. The van der Waals surface area contributed by atoms with Gasteiger partial charge in [-0.3, -0.25) is 0 Å². The van der Waals surface area contributed by atoms with Crippen LogP contribution in [0.4, 0.5) is 10.1 Å². The fourth-order valence-electron chi connectivity index (χ4n) is 0.811. The Morgan fingerprint density at radius 3 is 2.64 bits per heavy atom. The van der Waals surface area contributed by atoms with Gasteiger partial charge < -0.3 is 10.5 Å². The van der Waals surface area contributed by atoms with Crippen LogP contribution < -0.4 is 10.5 Å². The summed E-state index contributed by atoms with van der Waals surface area (Å²) >= 11 is 7.39. The second kappa shape index (κ2) is 4.48. The molecule has 0 spiro atoms. The maximum absolute atomic E-state index is 13.1. The first kappa shape index (κ1) is 11.8. The van der Waals surface area contributed by atoms with Gasteiger partial charge in [0.25, 0.3) is 0 Å². The standard InChI is InChI=1S/C8H9ClFIN2O/c1-3(2)14-8-5(11)6(12)4(10)7(9)13-8/h3H,1-2H3,(H2,12,13). The van der Waals surface area contributed by atoms with Crippen molar-refractivity contribution in [2.75, 3.05) is 5.73 Å². The van der Waals surface area contributed by atoms with E-state index in [1.165, 1.54) is 0 Å². The predicted molar refractivity (Wildman–Crippen MR) is 62.1 cm³/mol. The minimum absolute atomic E-state index is 0.0266. The third kappa shape index (κ3) is 2.38. The first-order valence-electron chi connectivity index (χ1n) is 3.90. The van der Waals surface area contributed by atoms with Crippen LogP contribution in [-0.4, -0.2) is 11.1 Å². The molecule has 0 atom stereocenters. The second-order valence-electron chi connectivity index (χ2n) is 2.92. The van der Waals surface area contributed by atoms with Crippen molar-refractivity contribution in [1.29, 1.82) is 0 Å². The summed E-state index contributed by atoms with van der Waals surface area (Å²) in [5.74, 6) is -0.434. The lowest BCUT2D eigenvalue weighted by atomic mass is 10.4. The normalized spacial score (nSPS) is 10.7. The van der Waals surface area contributed by atoms with Gasteiger partial charge in [0.15, 0.2) is 11.0 Å². The van der Waals surface area contributed by atoms with Crippen LogP contribution in [0.5, 0.6) is 5.88 Å². The zero-order chi connectivity index (χ0) is 10.9. The van der Waals surface area contributed by atoms with Crippen molar-refractivity contribution in [2.45, 2.75) is 20.0 Å². The van der Waals surface area contributed by atoms with E-state index in [2.05, 4.69) is 4.98 Å². The van der Waals surface area contributed by atoms with Crippen molar-refractivity contribution in [3.8, 4) is 5.88 Å². The van der Waals surface area contributed by atoms with Gasteiger partial charge in [-0.2, -0.15) is 4.98 Å². The number of rotatable bonds is 2. The van der Waals surface area contributed by atoms with E-state index in [1.54, 1.807) is 0 Å². The topological polar surface area (TPSA) is 48.1 Å². The maximum atomic E-state index is 13.1. The van der Waals surface area contributed by atoms with E-state index in [4.69, 9.17) is 22.1 Å². The first-order valence-corrected chi connectivity index (χ1v) is 5.35. The van der Waals surface area contributed by atoms with E-state index in [0.717, 1.165) is 0 Å². The van der Waals surface area contributed by atoms with Gasteiger partial charge >= 0.3 is 0 Å². The van der Waals surface area contributed by atoms with Crippen molar-refractivity contribution in [3.05, 3.63) is 14.5 Å². The van der Waals surface area contributed by atoms with Crippen LogP contribution in [0.15, 0.2) is 0 Å². The Morgan fingerprint density at radius 1 is 1.57 bits per heavy atom. The summed E-state index contributed by atoms with van der Waals surface area (Å²) in [5, 5.41) is -0.265. The summed E-state index contributed by atoms with van der Waals surface area (Å²) < 4.78 is 18.9. The Kier molecular flexibility index (Phi) is 3.77. The van der Waals surface area contributed by atoms with Gasteiger partial charge in [-0.25, -0.2) is 4.39 Å². The maximum Gasteiger partial charge on any atom is 0.231 e. The molecule has 6 heteroatoms. The van der Waals surface area contributed by atoms with Crippen LogP contribution in [-0.2, 0) is 0 Å². The van der Waals surface area contributed by atoms with Gasteiger partial charge in [0.05, 0.1) is 11.8 Å². The van der Waals surface area contributed by atoms with Gasteiger partial charge in [0, 0.05) is 0 Å². The molecular formula is C8H9ClFIN2O. The number of halogens is 3. The Hall–Kier alpha value is -0.300. The molecule has 0 fully saturated rings. The number of aromatic nitrogens is 1. The zero-order valence-corrected chi connectivity index (χ0v) is 10.6. The molecule has 0 unspecified atom stereocenters. The summed E-state index contributed by atoms with van der Waals surface area (Å²) in [6, 6.07) is 0. The third-order valence-electron chi connectivity index (χ3n) is 1.39. The Balaban J connectivity index is 3.19. The minimum atomic E-state index is -0.702. The van der Waals surface area contributed by atoms with E-state index in [1.807, 2.05) is 36.4 Å². The smallest absolute Gasteiger partial charge is 0.231 e. The monoisotopic (exact) mass is 330 g/mol. The van der Waals surface area contributed by atoms with Crippen LogP contribution in [0.25, 0.3) is 0 Å². The van der Waals surface area contributed by atoms with Crippen molar-refractivity contribution in [1.82, 2.24) is 4.98 Å². The second-order valence-corrected chi connectivity index (χ2v) is 4.35. The molecule has 0 saturated heterocycles. The zero-order valence-electron chi connectivity index (χ0n) is 7.64. The molecule has 1 aromatic rings. The fourth-order valence-corrected chi connectivity index (χ4v) is 1.47. The minimum Gasteiger partial charge on any atom is -0.474 e. The molecule has 0 aromatic carbocycles. The number of hydrogen-bond acceptors (Lipinski definition) is 3. The molecule has 2 N–H and O–H groups in total. The van der Waals surface area contributed by atoms with Gasteiger partial charge in [-0.15, -0.1) is 0 Å². The van der Waals surface area contributed by atoms with Crippen molar-refractivity contribution >= 4 is 39.9 Å². The number of nitrogen functional groups attached to an aromatic ring is 1. The van der Waals surface area contributed by atoms with Gasteiger partial charge in [0.1, 0.15) is 3.57 Å². The highest BCUT2D eigenvalue weighted by Crippen LogP contribution is 2.31. The highest BCUT2D eigenvalue weighted by atomic mass is 127. The number of nitrogens with two attached hydrogens (primary N) is 1. The van der Waals surface area contributed by atoms with E-state index in [0.29, 0.717) is 3.57 Å². The molecular weight excluding hydrogens is 321 g/mol. The molecule has 3 nitrogen and oxygen atoms in total. The highest BCUT2D eigenvalue weighted by molar-refractivity contribution is 14.1. The van der Waals surface area contributed by atoms with E-state index in [-0.39, 0.29) is 22.8 Å². The molecule has 0 aliphatic heterocycles. The summed E-state index contributed by atoms with van der Waals surface area (Å²) in [4.78, 5) is 3.75. The molecule has 0 aliphatic carbocycles. The average Bonchev–Trinajstić information content (AvgIpc) is 2.10. The summed E-state index contributed by atoms with van der Waals surface area (Å²) in [6.07, 6.45) is -0.0584. The summed E-state index contributed by atoms with van der Waals surface area (Å²) in [6.45, 7) is 3.68. The Bertz CT molecular complexity index is 360. The number of nitrogens with zero attached hydrogens (tertiary/aromatic N) is 1. The molecule has 0 saturated carbocycles. The van der Waals surface area contributed by atoms with Crippen LogP contribution >= 0.6 is 34.2 Å². The molecule has 1 aromatic heterocycles. The lowest BCUT2D eigenvalue weighted by molar-refractivity contribution is 0.230. The number of hydrogen-bond donors (Lipinski definition) is 1. The van der Waals surface area contributed by atoms with E-state index >= 15 is 0 Å². The van der Waals surface area contributed by atoms with Gasteiger partial charge in [-0.1, -0.05) is 11.6 Å². The molecule has 78 valence electrons. The van der Waals surface area contributed by atoms with E-state index < -0.39 is 5.82 Å². The molecule has 0 aliphatic rings. The van der Waals surface area contributed by atoms with Crippen molar-refractivity contribution < 1.29 is 9.13 Å². The van der Waals surface area contributed by atoms with Crippen molar-refractivity contribution in [2.24, 2.45) is 0 Å². The van der Waals surface area contributed by atoms with Crippen LogP contribution in [0, 0.1) is 9.39 Å².